The van der Waals surface area contributed by atoms with Crippen LogP contribution < -0.4 is 10.1 Å². The molecule has 4 heteroatoms. The Morgan fingerprint density at radius 2 is 2.42 bits per heavy atom. The van der Waals surface area contributed by atoms with Gasteiger partial charge in [-0.05, 0) is 6.92 Å². The highest BCUT2D eigenvalue weighted by Crippen LogP contribution is 2.31. The zero-order valence-electron chi connectivity index (χ0n) is 7.59. The predicted octanol–water partition coefficient (Wildman–Crippen LogP) is 0.593. The highest BCUT2D eigenvalue weighted by Gasteiger charge is 2.26. The number of nitrogens with one attached hydrogen (secondary N) is 1. The SMILES string of the molecule is COc1nn(C)c2c1C(C)NC2. The molecule has 0 aromatic carbocycles. The average molecular weight is 167 g/mol. The van der Waals surface area contributed by atoms with E-state index in [9.17, 15) is 0 Å². The van der Waals surface area contributed by atoms with Crippen LogP contribution in [0.1, 0.15) is 24.2 Å². The molecular formula is C8H13N3O. The first-order chi connectivity index (χ1) is 5.74. The van der Waals surface area contributed by atoms with E-state index in [0.29, 0.717) is 6.04 Å². The van der Waals surface area contributed by atoms with Crippen LogP contribution in [0.15, 0.2) is 0 Å². The lowest BCUT2D eigenvalue weighted by molar-refractivity contribution is 0.382. The average Bonchev–Trinajstić information content (AvgIpc) is 2.56. The summed E-state index contributed by atoms with van der Waals surface area (Å²) >= 11 is 0. The molecule has 1 N–H and O–H groups in total. The largest absolute Gasteiger partial charge is 0.480 e. The van der Waals surface area contributed by atoms with Gasteiger partial charge >= 0.3 is 0 Å². The van der Waals surface area contributed by atoms with E-state index in [1.165, 1.54) is 11.3 Å². The van der Waals surface area contributed by atoms with Crippen LogP contribution in [0.5, 0.6) is 5.88 Å². The molecule has 0 saturated carbocycles. The van der Waals surface area contributed by atoms with Gasteiger partial charge < -0.3 is 10.1 Å². The maximum atomic E-state index is 5.18. The van der Waals surface area contributed by atoms with Gasteiger partial charge in [-0.25, -0.2) is 0 Å². The fourth-order valence-electron chi connectivity index (χ4n) is 1.70. The van der Waals surface area contributed by atoms with Crippen molar-refractivity contribution in [2.24, 2.45) is 7.05 Å². The van der Waals surface area contributed by atoms with E-state index < -0.39 is 0 Å². The predicted molar refractivity (Wildman–Crippen MR) is 45.0 cm³/mol. The Morgan fingerprint density at radius 1 is 1.67 bits per heavy atom. The molecule has 0 spiro atoms. The first-order valence-electron chi connectivity index (χ1n) is 4.07. The smallest absolute Gasteiger partial charge is 0.237 e. The van der Waals surface area contributed by atoms with Crippen molar-refractivity contribution >= 4 is 0 Å². The van der Waals surface area contributed by atoms with Gasteiger partial charge in [0.25, 0.3) is 0 Å². The highest BCUT2D eigenvalue weighted by molar-refractivity contribution is 5.37. The molecule has 1 aromatic rings. The molecule has 1 aliphatic heterocycles. The van der Waals surface area contributed by atoms with Crippen LogP contribution in [0.2, 0.25) is 0 Å². The van der Waals surface area contributed by atoms with Crippen molar-refractivity contribution in [1.82, 2.24) is 15.1 Å². The zero-order chi connectivity index (χ0) is 8.72. The van der Waals surface area contributed by atoms with Crippen molar-refractivity contribution in [2.45, 2.75) is 19.5 Å². The van der Waals surface area contributed by atoms with Gasteiger partial charge in [0.2, 0.25) is 5.88 Å². The molecule has 0 fully saturated rings. The summed E-state index contributed by atoms with van der Waals surface area (Å²) in [6, 6.07) is 0.364. The number of rotatable bonds is 1. The van der Waals surface area contributed by atoms with Gasteiger partial charge in [0.05, 0.1) is 18.4 Å². The summed E-state index contributed by atoms with van der Waals surface area (Å²) in [7, 11) is 3.61. The Labute approximate surface area is 71.5 Å². The van der Waals surface area contributed by atoms with E-state index in [-0.39, 0.29) is 0 Å². The van der Waals surface area contributed by atoms with Crippen LogP contribution in [0.4, 0.5) is 0 Å². The Kier molecular flexibility index (Phi) is 1.58. The van der Waals surface area contributed by atoms with Crippen LogP contribution >= 0.6 is 0 Å². The topological polar surface area (TPSA) is 39.1 Å². The minimum atomic E-state index is 0.364. The molecule has 0 amide bonds. The summed E-state index contributed by atoms with van der Waals surface area (Å²) in [5, 5.41) is 7.60. The van der Waals surface area contributed by atoms with Gasteiger partial charge in [-0.1, -0.05) is 0 Å². The Bertz CT molecular complexity index is 305. The third-order valence-electron chi connectivity index (χ3n) is 2.37. The van der Waals surface area contributed by atoms with E-state index >= 15 is 0 Å². The minimum Gasteiger partial charge on any atom is -0.480 e. The molecule has 1 unspecified atom stereocenters. The summed E-state index contributed by atoms with van der Waals surface area (Å²) in [6.07, 6.45) is 0. The second-order valence-corrected chi connectivity index (χ2v) is 3.10. The van der Waals surface area contributed by atoms with Gasteiger partial charge in [0.1, 0.15) is 0 Å². The number of nitrogens with zero attached hydrogens (tertiary/aromatic N) is 2. The molecule has 0 bridgehead atoms. The van der Waals surface area contributed by atoms with Crippen molar-refractivity contribution in [2.75, 3.05) is 7.11 Å². The summed E-state index contributed by atoms with van der Waals surface area (Å²) in [5.74, 6) is 0.755. The highest BCUT2D eigenvalue weighted by atomic mass is 16.5. The van der Waals surface area contributed by atoms with E-state index in [2.05, 4.69) is 17.3 Å². The fourth-order valence-corrected chi connectivity index (χ4v) is 1.70. The Hall–Kier alpha value is -1.03. The molecule has 4 nitrogen and oxygen atoms in total. The summed E-state index contributed by atoms with van der Waals surface area (Å²) < 4.78 is 7.06. The number of aryl methyl sites for hydroxylation is 1. The molecule has 0 saturated heterocycles. The zero-order valence-corrected chi connectivity index (χ0v) is 7.59. The van der Waals surface area contributed by atoms with Crippen molar-refractivity contribution in [3.05, 3.63) is 11.3 Å². The second-order valence-electron chi connectivity index (χ2n) is 3.10. The van der Waals surface area contributed by atoms with E-state index in [4.69, 9.17) is 4.74 Å². The van der Waals surface area contributed by atoms with Crippen molar-refractivity contribution in [3.63, 3.8) is 0 Å². The molecule has 66 valence electrons. The standard InChI is InChI=1S/C8H13N3O/c1-5-7-6(4-9-5)11(2)10-8(7)12-3/h5,9H,4H2,1-3H3. The van der Waals surface area contributed by atoms with Crippen LogP contribution in [0.25, 0.3) is 0 Å². The van der Waals surface area contributed by atoms with Crippen molar-refractivity contribution < 1.29 is 4.74 Å². The summed E-state index contributed by atoms with van der Waals surface area (Å²) in [5.41, 5.74) is 2.44. The lowest BCUT2D eigenvalue weighted by Gasteiger charge is -2.03. The Morgan fingerprint density at radius 3 is 3.08 bits per heavy atom. The van der Waals surface area contributed by atoms with Crippen LogP contribution in [-0.2, 0) is 13.6 Å². The molecule has 1 aromatic heterocycles. The van der Waals surface area contributed by atoms with Crippen molar-refractivity contribution in [1.29, 1.82) is 0 Å². The van der Waals surface area contributed by atoms with Crippen LogP contribution in [0, 0.1) is 0 Å². The number of ether oxygens (including phenoxy) is 1. The summed E-state index contributed by atoms with van der Waals surface area (Å²) in [6.45, 7) is 3.01. The fraction of sp³-hybridized carbons (Fsp3) is 0.625. The molecule has 1 aliphatic rings. The minimum absolute atomic E-state index is 0.364. The maximum absolute atomic E-state index is 5.18. The van der Waals surface area contributed by atoms with Crippen LogP contribution in [-0.4, -0.2) is 16.9 Å². The molecule has 2 rings (SSSR count). The van der Waals surface area contributed by atoms with E-state index in [0.717, 1.165) is 12.4 Å². The monoisotopic (exact) mass is 167 g/mol. The van der Waals surface area contributed by atoms with E-state index in [1.807, 2.05) is 11.7 Å². The number of hydrogen-bond acceptors (Lipinski definition) is 3. The first-order valence-corrected chi connectivity index (χ1v) is 4.07. The third kappa shape index (κ3) is 0.845. The van der Waals surface area contributed by atoms with E-state index in [1.54, 1.807) is 7.11 Å². The Balaban J connectivity index is 2.54. The number of aromatic nitrogens is 2. The van der Waals surface area contributed by atoms with Gasteiger partial charge in [-0.3, -0.25) is 4.68 Å². The quantitative estimate of drug-likeness (QED) is 0.665. The van der Waals surface area contributed by atoms with Crippen molar-refractivity contribution in [3.8, 4) is 5.88 Å². The molecular weight excluding hydrogens is 154 g/mol. The maximum Gasteiger partial charge on any atom is 0.237 e. The van der Waals surface area contributed by atoms with Gasteiger partial charge in [0.15, 0.2) is 0 Å². The second kappa shape index (κ2) is 2.48. The molecule has 0 aliphatic carbocycles. The van der Waals surface area contributed by atoms with Crippen LogP contribution in [0.3, 0.4) is 0 Å². The lowest BCUT2D eigenvalue weighted by Crippen LogP contribution is -2.10. The molecule has 1 atom stereocenters. The van der Waals surface area contributed by atoms with Gasteiger partial charge in [0, 0.05) is 19.6 Å². The lowest BCUT2D eigenvalue weighted by atomic mass is 10.2. The molecule has 0 radical (unpaired) electrons. The number of hydrogen-bond donors (Lipinski definition) is 1. The number of methoxy groups -OCH3 is 1. The normalized spacial score (nSPS) is 21.1. The molecule has 12 heavy (non-hydrogen) atoms. The first kappa shape index (κ1) is 7.61. The van der Waals surface area contributed by atoms with Gasteiger partial charge in [-0.2, -0.15) is 0 Å². The summed E-state index contributed by atoms with van der Waals surface area (Å²) in [4.78, 5) is 0. The third-order valence-corrected chi connectivity index (χ3v) is 2.37. The number of fused-ring (bicyclic) bond motifs is 1. The van der Waals surface area contributed by atoms with Gasteiger partial charge in [-0.15, -0.1) is 5.10 Å². The molecule has 2 heterocycles.